The predicted octanol–water partition coefficient (Wildman–Crippen LogP) is 6.26. The maximum Gasteiger partial charge on any atom is 0.573 e. The number of hydrogen-bond acceptors (Lipinski definition) is 8. The number of halogens is 7. The van der Waals surface area contributed by atoms with Crippen molar-refractivity contribution in [1.29, 1.82) is 0 Å². The molecule has 1 saturated heterocycles. The van der Waals surface area contributed by atoms with Gasteiger partial charge in [-0.2, -0.15) is 18.2 Å². The minimum absolute atomic E-state index is 0.0152. The van der Waals surface area contributed by atoms with Crippen LogP contribution >= 0.6 is 0 Å². The number of aromatic nitrogens is 2. The van der Waals surface area contributed by atoms with Gasteiger partial charge in [0.2, 0.25) is 11.8 Å². The van der Waals surface area contributed by atoms with Crippen molar-refractivity contribution < 1.29 is 49.8 Å². The summed E-state index contributed by atoms with van der Waals surface area (Å²) in [6.45, 7) is 2.00. The highest BCUT2D eigenvalue weighted by molar-refractivity contribution is 6.01. The number of nitrogens with one attached hydrogen (secondary N) is 2. The van der Waals surface area contributed by atoms with Crippen LogP contribution in [0.25, 0.3) is 0 Å². The number of amides is 2. The molecular formula is C31H29F7N6O4. The van der Waals surface area contributed by atoms with Gasteiger partial charge in [0.1, 0.15) is 17.1 Å². The van der Waals surface area contributed by atoms with Gasteiger partial charge in [0, 0.05) is 31.9 Å². The molecule has 1 aromatic heterocycles. The molecular weight excluding hydrogens is 653 g/mol. The van der Waals surface area contributed by atoms with Crippen molar-refractivity contribution in [3.63, 3.8) is 0 Å². The Morgan fingerprint density at radius 1 is 1.04 bits per heavy atom. The van der Waals surface area contributed by atoms with Crippen LogP contribution in [0.1, 0.15) is 57.5 Å². The molecule has 2 aromatic carbocycles. The van der Waals surface area contributed by atoms with E-state index in [1.54, 1.807) is 6.07 Å². The summed E-state index contributed by atoms with van der Waals surface area (Å²) in [6, 6.07) is 5.10. The number of hydrogen-bond donors (Lipinski definition) is 2. The third-order valence-corrected chi connectivity index (χ3v) is 8.87. The number of likely N-dealkylation sites (tertiary alicyclic amines) is 1. The average Bonchev–Trinajstić information content (AvgIpc) is 3.27. The molecule has 1 spiro atoms. The van der Waals surface area contributed by atoms with Gasteiger partial charge in [-0.3, -0.25) is 9.59 Å². The second-order valence-corrected chi connectivity index (χ2v) is 12.3. The van der Waals surface area contributed by atoms with Crippen LogP contribution in [0, 0.1) is 11.2 Å². The molecule has 0 bridgehead atoms. The zero-order valence-corrected chi connectivity index (χ0v) is 25.6. The molecule has 17 heteroatoms. The summed E-state index contributed by atoms with van der Waals surface area (Å²) in [5.41, 5.74) is -2.34. The summed E-state index contributed by atoms with van der Waals surface area (Å²) < 4.78 is 107. The number of anilines is 2. The summed E-state index contributed by atoms with van der Waals surface area (Å²) in [5, 5.41) is 4.90. The Labute approximate surface area is 269 Å². The number of nitrogens with zero attached hydrogens (tertiary/aromatic N) is 4. The molecule has 1 saturated carbocycles. The molecule has 3 heterocycles. The lowest BCUT2D eigenvalue weighted by Gasteiger charge is -2.52. The number of alkyl halides is 6. The molecule has 0 atom stereocenters. The average molecular weight is 683 g/mol. The molecule has 6 rings (SSSR count). The number of benzene rings is 2. The standard InChI is InChI=1S/C31H29F7N6O4/c1-43-8-6-29(7-9-43)12-17(13-29)40-25(45)18-10-23(48-31(36,37)38)21(11-20(18)32)41-28-39-14-19(30(33,34)35)26(42-28)47-22-5-3-4-16-15-44(2)27(46)24(16)22/h3-5,10-11,14,17H,6-9,12-13,15H2,1-2H3,(H,40,45)(H,39,41,42). The van der Waals surface area contributed by atoms with Gasteiger partial charge in [-0.25, -0.2) is 9.37 Å². The highest BCUT2D eigenvalue weighted by atomic mass is 19.4. The van der Waals surface area contributed by atoms with Crippen LogP contribution < -0.4 is 20.1 Å². The summed E-state index contributed by atoms with van der Waals surface area (Å²) in [4.78, 5) is 36.3. The third-order valence-electron chi connectivity index (χ3n) is 8.87. The lowest BCUT2D eigenvalue weighted by Crippen LogP contribution is -2.54. The van der Waals surface area contributed by atoms with Crippen LogP contribution in [0.15, 0.2) is 36.5 Å². The van der Waals surface area contributed by atoms with Crippen molar-refractivity contribution >= 4 is 23.5 Å². The molecule has 256 valence electrons. The number of ether oxygens (including phenoxy) is 2. The molecule has 2 aliphatic heterocycles. The van der Waals surface area contributed by atoms with Crippen LogP contribution in [-0.4, -0.2) is 71.2 Å². The second-order valence-electron chi connectivity index (χ2n) is 12.3. The Kier molecular flexibility index (Phi) is 8.37. The van der Waals surface area contributed by atoms with Gasteiger partial charge < -0.3 is 29.9 Å². The van der Waals surface area contributed by atoms with Gasteiger partial charge in [-0.05, 0) is 68.9 Å². The van der Waals surface area contributed by atoms with E-state index >= 15 is 4.39 Å². The van der Waals surface area contributed by atoms with Crippen molar-refractivity contribution in [2.45, 2.75) is 50.8 Å². The molecule has 10 nitrogen and oxygen atoms in total. The zero-order chi connectivity index (χ0) is 34.6. The quantitative estimate of drug-likeness (QED) is 0.282. The molecule has 2 N–H and O–H groups in total. The molecule has 0 radical (unpaired) electrons. The fourth-order valence-electron chi connectivity index (χ4n) is 6.36. The zero-order valence-electron chi connectivity index (χ0n) is 25.6. The van der Waals surface area contributed by atoms with Crippen LogP contribution in [-0.2, 0) is 12.7 Å². The molecule has 0 unspecified atom stereocenters. The SMILES string of the molecule is CN1CCC2(CC1)CC(NC(=O)c1cc(OC(F)(F)F)c(Nc3ncc(C(F)(F)F)c(Oc4cccc5c4C(=O)N(C)C5)n3)cc1F)C2. The van der Waals surface area contributed by atoms with Gasteiger partial charge in [-0.15, -0.1) is 13.2 Å². The number of piperidine rings is 1. The number of rotatable bonds is 7. The lowest BCUT2D eigenvalue weighted by molar-refractivity contribution is -0.274. The summed E-state index contributed by atoms with van der Waals surface area (Å²) in [5.74, 6) is -5.79. The van der Waals surface area contributed by atoms with Gasteiger partial charge in [-0.1, -0.05) is 12.1 Å². The van der Waals surface area contributed by atoms with Crippen LogP contribution in [0.3, 0.4) is 0 Å². The minimum Gasteiger partial charge on any atom is -0.437 e. The maximum absolute atomic E-state index is 15.3. The fraction of sp³-hybridized carbons (Fsp3) is 0.419. The molecule has 2 fully saturated rings. The highest BCUT2D eigenvalue weighted by Crippen LogP contribution is 2.49. The Hall–Kier alpha value is -4.67. The smallest absolute Gasteiger partial charge is 0.437 e. The first-order chi connectivity index (χ1) is 22.5. The van der Waals surface area contributed by atoms with E-state index in [2.05, 4.69) is 30.2 Å². The Bertz CT molecular complexity index is 1750. The van der Waals surface area contributed by atoms with Crippen LogP contribution in [0.4, 0.5) is 42.4 Å². The van der Waals surface area contributed by atoms with E-state index in [1.807, 2.05) is 7.05 Å². The first kappa shape index (κ1) is 33.2. The van der Waals surface area contributed by atoms with Gasteiger partial charge in [0.15, 0.2) is 5.75 Å². The molecule has 2 amide bonds. The second kappa shape index (κ2) is 12.1. The van der Waals surface area contributed by atoms with Gasteiger partial charge in [0.05, 0.1) is 16.8 Å². The molecule has 3 aromatic rings. The summed E-state index contributed by atoms with van der Waals surface area (Å²) >= 11 is 0. The van der Waals surface area contributed by atoms with Gasteiger partial charge in [0.25, 0.3) is 11.8 Å². The first-order valence-corrected chi connectivity index (χ1v) is 14.9. The normalized spacial score (nSPS) is 18.0. The maximum atomic E-state index is 15.3. The predicted molar refractivity (Wildman–Crippen MR) is 155 cm³/mol. The molecule has 48 heavy (non-hydrogen) atoms. The van der Waals surface area contributed by atoms with E-state index in [1.165, 1.54) is 24.1 Å². The third kappa shape index (κ3) is 6.81. The van der Waals surface area contributed by atoms with Crippen molar-refractivity contribution in [3.05, 3.63) is 64.6 Å². The largest absolute Gasteiger partial charge is 0.573 e. The monoisotopic (exact) mass is 682 g/mol. The number of carbonyl (C=O) groups is 2. The first-order valence-electron chi connectivity index (χ1n) is 14.9. The fourth-order valence-corrected chi connectivity index (χ4v) is 6.36. The van der Waals surface area contributed by atoms with Crippen LogP contribution in [0.5, 0.6) is 17.4 Å². The number of carbonyl (C=O) groups excluding carboxylic acids is 2. The van der Waals surface area contributed by atoms with E-state index in [-0.39, 0.29) is 29.3 Å². The highest BCUT2D eigenvalue weighted by Gasteiger charge is 2.46. The van der Waals surface area contributed by atoms with E-state index in [0.29, 0.717) is 36.7 Å². The topological polar surface area (TPSA) is 109 Å². The lowest BCUT2D eigenvalue weighted by atomic mass is 9.60. The van der Waals surface area contributed by atoms with Crippen LogP contribution in [0.2, 0.25) is 0 Å². The Morgan fingerprint density at radius 3 is 2.42 bits per heavy atom. The summed E-state index contributed by atoms with van der Waals surface area (Å²) in [6.07, 6.45) is -6.81. The van der Waals surface area contributed by atoms with Gasteiger partial charge >= 0.3 is 12.5 Å². The minimum atomic E-state index is -5.29. The Balaban J connectivity index is 1.27. The molecule has 1 aliphatic carbocycles. The molecule has 3 aliphatic rings. The van der Waals surface area contributed by atoms with Crippen molar-refractivity contribution in [2.75, 3.05) is 32.5 Å². The van der Waals surface area contributed by atoms with Crippen molar-refractivity contribution in [2.24, 2.45) is 5.41 Å². The van der Waals surface area contributed by atoms with E-state index in [9.17, 15) is 35.9 Å². The Morgan fingerprint density at radius 2 is 1.75 bits per heavy atom. The number of fused-ring (bicyclic) bond motifs is 1. The van der Waals surface area contributed by atoms with E-state index in [0.717, 1.165) is 25.9 Å². The van der Waals surface area contributed by atoms with Crippen molar-refractivity contribution in [1.82, 2.24) is 25.1 Å². The van der Waals surface area contributed by atoms with E-state index < -0.39 is 64.6 Å². The van der Waals surface area contributed by atoms with Crippen molar-refractivity contribution in [3.8, 4) is 17.4 Å². The van der Waals surface area contributed by atoms with E-state index in [4.69, 9.17) is 4.74 Å². The summed E-state index contributed by atoms with van der Waals surface area (Å²) in [7, 11) is 3.51.